The minimum absolute atomic E-state index is 0.0509. The van der Waals surface area contributed by atoms with Gasteiger partial charge in [0.2, 0.25) is 0 Å². The smallest absolute Gasteiger partial charge is 0.192 e. The van der Waals surface area contributed by atoms with E-state index in [-0.39, 0.29) is 10.8 Å². The van der Waals surface area contributed by atoms with Crippen LogP contribution >= 0.6 is 0 Å². The molecule has 0 heterocycles. The van der Waals surface area contributed by atoms with Crippen molar-refractivity contribution in [3.63, 3.8) is 0 Å². The Bertz CT molecular complexity index is 5730. The van der Waals surface area contributed by atoms with Crippen LogP contribution in [0.1, 0.15) is 74.9 Å². The summed E-state index contributed by atoms with van der Waals surface area (Å²) in [4.78, 5) is 0. The third kappa shape index (κ3) is 10.2. The third-order valence-electron chi connectivity index (χ3n) is 20.0. The zero-order valence-corrected chi connectivity index (χ0v) is 54.4. The summed E-state index contributed by atoms with van der Waals surface area (Å²) in [6, 6.07) is 86.5. The fourth-order valence-corrected chi connectivity index (χ4v) is 15.1. The first kappa shape index (κ1) is 61.3. The molecule has 0 saturated heterocycles. The summed E-state index contributed by atoms with van der Waals surface area (Å²) < 4.78 is 85.1. The second-order valence-corrected chi connectivity index (χ2v) is 28.0. The summed E-state index contributed by atoms with van der Waals surface area (Å²) >= 11 is 0. The van der Waals surface area contributed by atoms with Crippen LogP contribution in [0.3, 0.4) is 0 Å². The van der Waals surface area contributed by atoms with Gasteiger partial charge in [-0.15, -0.1) is 0 Å². The minimum Gasteiger partial charge on any atom is -0.192 e. The Morgan fingerprint density at radius 1 is 0.255 bits per heavy atom. The number of rotatable bonds is 8. The second-order valence-electron chi connectivity index (χ2n) is 28.0. The topological polar surface area (TPSA) is 47.6 Å². The number of nitriles is 2. The normalized spacial score (nSPS) is 12.5. The summed E-state index contributed by atoms with van der Waals surface area (Å²) in [6.45, 7) is 13.4. The number of hydrogen-bond acceptors (Lipinski definition) is 2. The molecule has 472 valence electrons. The van der Waals surface area contributed by atoms with Crippen LogP contribution in [-0.4, -0.2) is 0 Å². The Morgan fingerprint density at radius 3 is 1.07 bits per heavy atom. The molecule has 2 aliphatic rings. The molecule has 0 radical (unpaired) electrons. The van der Waals surface area contributed by atoms with E-state index in [1.54, 1.807) is 0 Å². The lowest BCUT2D eigenvalue weighted by Crippen LogP contribution is -2.10. The van der Waals surface area contributed by atoms with Crippen LogP contribution in [-0.2, 0) is 23.2 Å². The lowest BCUT2D eigenvalue weighted by Gasteiger charge is -2.23. The van der Waals surface area contributed by atoms with Crippen LogP contribution in [0.25, 0.3) is 166 Å². The first-order valence-corrected chi connectivity index (χ1v) is 32.7. The summed E-state index contributed by atoms with van der Waals surface area (Å²) in [5.74, 6) is 0. The molecule has 14 aromatic carbocycles. The maximum atomic E-state index is 14.3. The predicted molar refractivity (Wildman–Crippen MR) is 388 cm³/mol. The molecule has 2 nitrogen and oxygen atoms in total. The lowest BCUT2D eigenvalue weighted by atomic mass is 9.80. The van der Waals surface area contributed by atoms with Crippen LogP contribution in [0.2, 0.25) is 0 Å². The average Bonchev–Trinajstić information content (AvgIpc) is 1.55. The molecule has 0 aliphatic heterocycles. The molecule has 0 N–H and O–H groups in total. The molecule has 0 atom stereocenters. The van der Waals surface area contributed by atoms with E-state index in [9.17, 15) is 36.9 Å². The van der Waals surface area contributed by atoms with Crippen molar-refractivity contribution in [3.05, 3.63) is 288 Å². The molecule has 0 amide bonds. The van der Waals surface area contributed by atoms with Gasteiger partial charge >= 0.3 is 12.4 Å². The van der Waals surface area contributed by atoms with Crippen LogP contribution in [0.5, 0.6) is 0 Å². The van der Waals surface area contributed by atoms with Gasteiger partial charge in [-0.05, 0) is 267 Å². The molecule has 0 aromatic heterocycles. The lowest BCUT2D eigenvalue weighted by molar-refractivity contribution is -0.138. The van der Waals surface area contributed by atoms with Gasteiger partial charge in [0.05, 0.1) is 34.4 Å². The van der Waals surface area contributed by atoms with Gasteiger partial charge in [0.15, 0.2) is 0 Å². The highest BCUT2D eigenvalue weighted by Gasteiger charge is 2.36. The predicted octanol–water partition coefficient (Wildman–Crippen LogP) is 26.2. The van der Waals surface area contributed by atoms with Gasteiger partial charge in [-0.25, -0.2) is 0 Å². The monoisotopic (exact) mass is 1280 g/mol. The van der Waals surface area contributed by atoms with E-state index in [1.165, 1.54) is 35.4 Å². The van der Waals surface area contributed by atoms with Crippen LogP contribution < -0.4 is 0 Å². The van der Waals surface area contributed by atoms with E-state index in [2.05, 4.69) is 169 Å². The molecule has 98 heavy (non-hydrogen) atoms. The molecule has 8 heteroatoms. The summed E-state index contributed by atoms with van der Waals surface area (Å²) in [6.07, 6.45) is -9.14. The van der Waals surface area contributed by atoms with Crippen LogP contribution in [0, 0.1) is 22.7 Å². The average molecular weight is 1280 g/mol. The Hall–Kier alpha value is -11.6. The van der Waals surface area contributed by atoms with Gasteiger partial charge in [-0.3, -0.25) is 0 Å². The van der Waals surface area contributed by atoms with Gasteiger partial charge in [0.1, 0.15) is 0 Å². The number of nitrogens with zero attached hydrogens (tertiary/aromatic N) is 2. The van der Waals surface area contributed by atoms with E-state index < -0.39 is 23.5 Å². The molecule has 16 rings (SSSR count). The minimum atomic E-state index is -4.58. The van der Waals surface area contributed by atoms with Crippen molar-refractivity contribution in [3.8, 4) is 146 Å². The number of alkyl halides is 6. The van der Waals surface area contributed by atoms with Crippen molar-refractivity contribution >= 4 is 32.3 Å². The van der Waals surface area contributed by atoms with Crippen LogP contribution in [0.4, 0.5) is 26.3 Å². The molecule has 0 saturated carbocycles. The summed E-state index contributed by atoms with van der Waals surface area (Å²) in [5.41, 5.74) is 23.4. The zero-order valence-electron chi connectivity index (χ0n) is 54.4. The summed E-state index contributed by atoms with van der Waals surface area (Å²) in [7, 11) is 0. The molecule has 14 aromatic rings. The van der Waals surface area contributed by atoms with E-state index in [1.807, 2.05) is 91.0 Å². The fraction of sp³-hybridized carbons (Fsp3) is 0.111. The largest absolute Gasteiger partial charge is 0.416 e. The molecule has 0 fully saturated rings. The van der Waals surface area contributed by atoms with Crippen molar-refractivity contribution in [2.45, 2.75) is 64.7 Å². The maximum absolute atomic E-state index is 14.3. The number of fused-ring (bicyclic) bond motifs is 7. The first-order valence-electron chi connectivity index (χ1n) is 32.7. The van der Waals surface area contributed by atoms with Gasteiger partial charge in [-0.1, -0.05) is 217 Å². The highest BCUT2D eigenvalue weighted by atomic mass is 19.4. The van der Waals surface area contributed by atoms with E-state index in [4.69, 9.17) is 0 Å². The van der Waals surface area contributed by atoms with Gasteiger partial charge in [-0.2, -0.15) is 36.9 Å². The Balaban J connectivity index is 0.857. The van der Waals surface area contributed by atoms with Gasteiger partial charge < -0.3 is 0 Å². The Morgan fingerprint density at radius 2 is 0.612 bits per heavy atom. The SMILES string of the molecule is CC(C)(C)c1ccc(-c2cc(-c3ccc(C#N)cc3)c(-c3ccc(C(C)(C)C)cc3)c3c2-c2cccc4cc(-c5ccc6c(C#N)cc(-c7ccc(-c8cc(-c9ccc(C(F)(F)F)cc9)c9c(c8-c8ccc(C(F)(F)F)cc8)-c8cccc%10cccc-9c8%10)cc7)cc6c5)cc-3c24)cc1. The van der Waals surface area contributed by atoms with Crippen molar-refractivity contribution in [1.29, 1.82) is 10.5 Å². The highest BCUT2D eigenvalue weighted by Crippen LogP contribution is 2.60. The van der Waals surface area contributed by atoms with Crippen molar-refractivity contribution < 1.29 is 26.3 Å². The van der Waals surface area contributed by atoms with Crippen molar-refractivity contribution in [2.75, 3.05) is 0 Å². The Labute approximate surface area is 564 Å². The number of hydrogen-bond donors (Lipinski definition) is 0. The Kier molecular flexibility index (Phi) is 14.1. The summed E-state index contributed by atoms with van der Waals surface area (Å²) in [5, 5.41) is 26.7. The third-order valence-corrected chi connectivity index (χ3v) is 20.0. The molecular formula is C90H60F6N2. The van der Waals surface area contributed by atoms with Crippen molar-refractivity contribution in [1.82, 2.24) is 0 Å². The van der Waals surface area contributed by atoms with Crippen LogP contribution in [0.15, 0.2) is 255 Å². The van der Waals surface area contributed by atoms with E-state index >= 15 is 0 Å². The maximum Gasteiger partial charge on any atom is 0.416 e. The standard InChI is InChI=1S/C90H60F6N2/c1-87(2,3)66-33-24-55(25-34-66)77-47-74(53-18-16-51(49-97)17-19-53)82(58-28-35-67(36-29-58)88(4,5)6)86-78-46-63(43-61-12-9-14-72(80(61)78)84(77)86)60-32-41-70-64(42-60)44-62(45-65(70)50-98)52-20-22-54(23-21-52)75-48-76(56-26-37-68(38-27-56)89(91,92)93)83-71-13-7-10-57-11-8-15-73(79(57)71)85(83)81(75)59-30-39-69(40-31-59)90(94,95)96/h7-48H,1-6H3. The second kappa shape index (κ2) is 22.5. The highest BCUT2D eigenvalue weighted by molar-refractivity contribution is 6.25. The zero-order chi connectivity index (χ0) is 67.9. The van der Waals surface area contributed by atoms with Gasteiger partial charge in [0.25, 0.3) is 0 Å². The quantitative estimate of drug-likeness (QED) is 0.142. The first-order chi connectivity index (χ1) is 47.0. The van der Waals surface area contributed by atoms with Crippen molar-refractivity contribution in [2.24, 2.45) is 0 Å². The molecule has 0 unspecified atom stereocenters. The van der Waals surface area contributed by atoms with E-state index in [0.717, 1.165) is 162 Å². The molecule has 0 bridgehead atoms. The number of benzene rings is 14. The fourth-order valence-electron chi connectivity index (χ4n) is 15.1. The molecular weight excluding hydrogens is 1220 g/mol. The molecule has 0 spiro atoms. The van der Waals surface area contributed by atoms with E-state index in [0.29, 0.717) is 38.9 Å². The number of halogens is 6. The van der Waals surface area contributed by atoms with Gasteiger partial charge in [0, 0.05) is 0 Å². The molecule has 2 aliphatic carbocycles.